The second-order valence-electron chi connectivity index (χ2n) is 7.38. The van der Waals surface area contributed by atoms with E-state index >= 15 is 0 Å². The van der Waals surface area contributed by atoms with Crippen molar-refractivity contribution in [2.45, 2.75) is 39.5 Å². The highest BCUT2D eigenvalue weighted by molar-refractivity contribution is 5.87. The summed E-state index contributed by atoms with van der Waals surface area (Å²) in [5.74, 6) is -0.999. The first kappa shape index (κ1) is 21.4. The highest BCUT2D eigenvalue weighted by Gasteiger charge is 2.70. The molecule has 0 aliphatic carbocycles. The molecule has 0 aromatic carbocycles. The number of amides is 2. The van der Waals surface area contributed by atoms with Crippen LogP contribution >= 0.6 is 0 Å². The first-order chi connectivity index (χ1) is 13.0. The van der Waals surface area contributed by atoms with E-state index in [1.165, 1.54) is 6.20 Å². The Morgan fingerprint density at radius 2 is 1.96 bits per heavy atom. The Labute approximate surface area is 160 Å². The smallest absolute Gasteiger partial charge is 0.407 e. The van der Waals surface area contributed by atoms with Crippen LogP contribution in [0.15, 0.2) is 21.9 Å². The van der Waals surface area contributed by atoms with Crippen molar-refractivity contribution in [1.82, 2.24) is 14.9 Å². The van der Waals surface area contributed by atoms with Gasteiger partial charge in [0.25, 0.3) is 11.7 Å². The van der Waals surface area contributed by atoms with Gasteiger partial charge in [0.1, 0.15) is 12.1 Å². The van der Waals surface area contributed by atoms with Crippen LogP contribution in [0, 0.1) is 0 Å². The van der Waals surface area contributed by atoms with Crippen LogP contribution in [0.1, 0.15) is 33.9 Å². The zero-order valence-electron chi connectivity index (χ0n) is 16.3. The molecule has 2 amide bonds. The van der Waals surface area contributed by atoms with Gasteiger partial charge in [-0.2, -0.15) is 0 Å². The standard InChI is InChI=1S/C17H24N4O7/c1-5-27-12(23)10-21(9-7-18-16(26)28-17(2,3)4)13(14(21)24)20-8-6-11(22)19-15(20)25/h6,8,13H,5,7,9-10H2,1-4H3,(H-,18,19,22,25,26)/p+1. The van der Waals surface area contributed by atoms with Crippen molar-refractivity contribution in [2.75, 3.05) is 26.2 Å². The molecule has 11 nitrogen and oxygen atoms in total. The fraction of sp³-hybridized carbons (Fsp3) is 0.588. The quantitative estimate of drug-likeness (QED) is 0.359. The van der Waals surface area contributed by atoms with Crippen LogP contribution in [0.3, 0.4) is 0 Å². The molecule has 2 unspecified atom stereocenters. The number of carbonyl (C=O) groups excluding carboxylic acids is 3. The third kappa shape index (κ3) is 4.85. The molecule has 1 saturated heterocycles. The Balaban J connectivity index is 2.17. The molecule has 1 aromatic rings. The van der Waals surface area contributed by atoms with Crippen molar-refractivity contribution in [1.29, 1.82) is 0 Å². The molecule has 0 radical (unpaired) electrons. The van der Waals surface area contributed by atoms with Gasteiger partial charge in [-0.15, -0.1) is 0 Å². The SMILES string of the molecule is CCOC(=O)C[N+]1(CCNC(=O)OC(C)(C)C)C(=O)C1n1ccc(=O)[nH]c1=O. The summed E-state index contributed by atoms with van der Waals surface area (Å²) in [6.45, 7) is 6.73. The second kappa shape index (κ2) is 7.97. The number of hydrogen-bond donors (Lipinski definition) is 2. The van der Waals surface area contributed by atoms with Crippen LogP contribution in [-0.4, -0.2) is 63.8 Å². The summed E-state index contributed by atoms with van der Waals surface area (Å²) in [6.07, 6.45) is -0.432. The molecule has 154 valence electrons. The van der Waals surface area contributed by atoms with Gasteiger partial charge in [0.05, 0.1) is 13.2 Å². The van der Waals surface area contributed by atoms with E-state index in [1.54, 1.807) is 27.7 Å². The van der Waals surface area contributed by atoms with Gasteiger partial charge >= 0.3 is 23.7 Å². The number of quaternary nitrogens is 1. The molecule has 0 bridgehead atoms. The normalized spacial score (nSPS) is 21.1. The van der Waals surface area contributed by atoms with Crippen LogP contribution in [0.5, 0.6) is 0 Å². The Morgan fingerprint density at radius 1 is 1.29 bits per heavy atom. The minimum Gasteiger partial charge on any atom is -0.462 e. The Morgan fingerprint density at radius 3 is 2.54 bits per heavy atom. The monoisotopic (exact) mass is 397 g/mol. The summed E-state index contributed by atoms with van der Waals surface area (Å²) in [5.41, 5.74) is -2.03. The first-order valence-electron chi connectivity index (χ1n) is 8.85. The molecule has 1 aromatic heterocycles. The highest BCUT2D eigenvalue weighted by atomic mass is 16.6. The number of carbonyl (C=O) groups is 3. The van der Waals surface area contributed by atoms with Crippen LogP contribution in [0.4, 0.5) is 4.79 Å². The average Bonchev–Trinajstić information content (AvgIpc) is 3.09. The van der Waals surface area contributed by atoms with E-state index in [1.807, 2.05) is 0 Å². The second-order valence-corrected chi connectivity index (χ2v) is 7.38. The third-order valence-electron chi connectivity index (χ3n) is 4.07. The maximum absolute atomic E-state index is 12.6. The van der Waals surface area contributed by atoms with E-state index in [4.69, 9.17) is 9.47 Å². The molecule has 0 saturated carbocycles. The summed E-state index contributed by atoms with van der Waals surface area (Å²) < 4.78 is 10.7. The molecule has 1 fully saturated rings. The lowest BCUT2D eigenvalue weighted by atomic mass is 10.2. The number of rotatable bonds is 7. The molecule has 2 atom stereocenters. The summed E-state index contributed by atoms with van der Waals surface area (Å²) in [5, 5.41) is 2.53. The van der Waals surface area contributed by atoms with E-state index in [-0.39, 0.29) is 26.2 Å². The summed E-state index contributed by atoms with van der Waals surface area (Å²) in [6, 6.07) is 1.12. The largest absolute Gasteiger partial charge is 0.462 e. The molecule has 28 heavy (non-hydrogen) atoms. The lowest BCUT2D eigenvalue weighted by molar-refractivity contribution is -0.779. The number of esters is 1. The average molecular weight is 397 g/mol. The molecule has 0 spiro atoms. The molecular weight excluding hydrogens is 372 g/mol. The number of ether oxygens (including phenoxy) is 2. The van der Waals surface area contributed by atoms with Crippen LogP contribution < -0.4 is 16.6 Å². The summed E-state index contributed by atoms with van der Waals surface area (Å²) in [4.78, 5) is 61.8. The van der Waals surface area contributed by atoms with Gasteiger partial charge in [-0.1, -0.05) is 0 Å². The van der Waals surface area contributed by atoms with Gasteiger partial charge in [0, 0.05) is 12.3 Å². The van der Waals surface area contributed by atoms with Crippen molar-refractivity contribution in [2.24, 2.45) is 0 Å². The number of aromatic amines is 1. The van der Waals surface area contributed by atoms with Gasteiger partial charge in [-0.25, -0.2) is 28.2 Å². The lowest BCUT2D eigenvalue weighted by Crippen LogP contribution is -2.44. The number of hydrogen-bond acceptors (Lipinski definition) is 7. The lowest BCUT2D eigenvalue weighted by Gasteiger charge is -2.21. The molecule has 2 rings (SSSR count). The minimum absolute atomic E-state index is 0.0364. The van der Waals surface area contributed by atoms with Crippen molar-refractivity contribution < 1.29 is 28.3 Å². The van der Waals surface area contributed by atoms with Crippen molar-refractivity contribution in [3.05, 3.63) is 33.1 Å². The van der Waals surface area contributed by atoms with Crippen LogP contribution in [0.2, 0.25) is 0 Å². The van der Waals surface area contributed by atoms with Gasteiger partial charge in [0.15, 0.2) is 6.54 Å². The zero-order valence-corrected chi connectivity index (χ0v) is 16.3. The number of nitrogens with zero attached hydrogens (tertiary/aromatic N) is 2. The fourth-order valence-electron chi connectivity index (χ4n) is 2.88. The molecule has 1 aliphatic rings. The van der Waals surface area contributed by atoms with E-state index in [0.717, 1.165) is 10.6 Å². The Bertz CT molecular complexity index is 882. The van der Waals surface area contributed by atoms with Gasteiger partial charge in [0.2, 0.25) is 0 Å². The maximum atomic E-state index is 12.6. The molecule has 2 heterocycles. The fourth-order valence-corrected chi connectivity index (χ4v) is 2.88. The predicted octanol–water partition coefficient (Wildman–Crippen LogP) is -0.520. The molecular formula is C17H25N4O7+. The van der Waals surface area contributed by atoms with Crippen molar-refractivity contribution >= 4 is 18.0 Å². The first-order valence-corrected chi connectivity index (χ1v) is 8.85. The van der Waals surface area contributed by atoms with E-state index in [9.17, 15) is 24.0 Å². The number of H-pyrrole nitrogens is 1. The summed E-state index contributed by atoms with van der Waals surface area (Å²) in [7, 11) is 0. The minimum atomic E-state index is -0.978. The van der Waals surface area contributed by atoms with Gasteiger partial charge in [-0.05, 0) is 27.7 Å². The Hall–Kier alpha value is -2.95. The van der Waals surface area contributed by atoms with E-state index in [2.05, 4.69) is 10.3 Å². The molecule has 2 N–H and O–H groups in total. The highest BCUT2D eigenvalue weighted by Crippen LogP contribution is 2.41. The van der Waals surface area contributed by atoms with Gasteiger partial charge in [-0.3, -0.25) is 9.78 Å². The van der Waals surface area contributed by atoms with Gasteiger partial charge < -0.3 is 14.8 Å². The van der Waals surface area contributed by atoms with Crippen molar-refractivity contribution in [3.63, 3.8) is 0 Å². The van der Waals surface area contributed by atoms with Crippen LogP contribution in [0.25, 0.3) is 0 Å². The zero-order chi connectivity index (χ0) is 21.1. The summed E-state index contributed by atoms with van der Waals surface area (Å²) >= 11 is 0. The van der Waals surface area contributed by atoms with E-state index in [0.29, 0.717) is 0 Å². The number of alkyl carbamates (subject to hydrolysis) is 1. The van der Waals surface area contributed by atoms with Crippen molar-refractivity contribution in [3.8, 4) is 0 Å². The molecule has 1 aliphatic heterocycles. The van der Waals surface area contributed by atoms with E-state index < -0.39 is 45.5 Å². The Kier molecular flexibility index (Phi) is 6.07. The topological polar surface area (TPSA) is 137 Å². The predicted molar refractivity (Wildman–Crippen MR) is 96.2 cm³/mol. The van der Waals surface area contributed by atoms with Crippen LogP contribution in [-0.2, 0) is 19.1 Å². The third-order valence-corrected chi connectivity index (χ3v) is 4.07. The molecule has 11 heteroatoms. The maximum Gasteiger partial charge on any atom is 0.407 e. The number of aromatic nitrogens is 2. The number of nitrogens with one attached hydrogen (secondary N) is 2.